The SMILES string of the molecule is C1COC1.CC1c2nc3c(Cc4ccc(Cl)cc4C#N)cccc3n2CCN1Cc1nc2ccc(C(=O)O)cc2n1C. The Labute approximate surface area is 248 Å². The van der Waals surface area contributed by atoms with E-state index in [-0.39, 0.29) is 11.6 Å². The topological polar surface area (TPSA) is 109 Å². The van der Waals surface area contributed by atoms with Gasteiger partial charge in [-0.2, -0.15) is 5.26 Å². The van der Waals surface area contributed by atoms with Gasteiger partial charge in [0.15, 0.2) is 0 Å². The van der Waals surface area contributed by atoms with E-state index in [9.17, 15) is 15.2 Å². The Kier molecular flexibility index (Phi) is 7.69. The van der Waals surface area contributed by atoms with E-state index in [4.69, 9.17) is 26.3 Å². The highest BCUT2D eigenvalue weighted by atomic mass is 35.5. The zero-order chi connectivity index (χ0) is 29.4. The molecule has 214 valence electrons. The minimum atomic E-state index is -0.947. The first-order chi connectivity index (χ1) is 20.3. The molecule has 1 N–H and O–H groups in total. The van der Waals surface area contributed by atoms with Gasteiger partial charge in [0.1, 0.15) is 11.6 Å². The van der Waals surface area contributed by atoms with Crippen LogP contribution in [-0.4, -0.2) is 54.8 Å². The number of rotatable bonds is 5. The number of nitriles is 1. The van der Waals surface area contributed by atoms with E-state index in [1.807, 2.05) is 23.7 Å². The molecule has 0 aliphatic carbocycles. The van der Waals surface area contributed by atoms with Gasteiger partial charge in [-0.05, 0) is 60.9 Å². The van der Waals surface area contributed by atoms with Crippen LogP contribution >= 0.6 is 11.6 Å². The maximum atomic E-state index is 11.4. The molecule has 9 nitrogen and oxygen atoms in total. The molecule has 4 heterocycles. The summed E-state index contributed by atoms with van der Waals surface area (Å²) in [7, 11) is 1.93. The number of hydrogen-bond acceptors (Lipinski definition) is 6. The molecule has 0 amide bonds. The van der Waals surface area contributed by atoms with Gasteiger partial charge in [0.05, 0.1) is 51.8 Å². The molecule has 2 aliphatic heterocycles. The number of imidazole rings is 2. The Morgan fingerprint density at radius 2 is 1.88 bits per heavy atom. The summed E-state index contributed by atoms with van der Waals surface area (Å²) in [6.07, 6.45) is 1.88. The second-order valence-corrected chi connectivity index (χ2v) is 11.1. The minimum absolute atomic E-state index is 0.0589. The van der Waals surface area contributed by atoms with E-state index in [0.717, 1.165) is 71.1 Å². The molecule has 0 spiro atoms. The lowest BCUT2D eigenvalue weighted by molar-refractivity contribution is 0.0367. The normalized spacial score (nSPS) is 16.4. The molecule has 1 unspecified atom stereocenters. The fraction of sp³-hybridized carbons (Fsp3) is 0.312. The average molecular weight is 583 g/mol. The molecule has 3 aromatic carbocycles. The van der Waals surface area contributed by atoms with Gasteiger partial charge in [-0.3, -0.25) is 4.90 Å². The summed E-state index contributed by atoms with van der Waals surface area (Å²) < 4.78 is 8.99. The zero-order valence-electron chi connectivity index (χ0n) is 23.5. The number of para-hydroxylation sites is 1. The van der Waals surface area contributed by atoms with E-state index < -0.39 is 5.97 Å². The Bertz CT molecular complexity index is 1840. The summed E-state index contributed by atoms with van der Waals surface area (Å²) in [5, 5.41) is 19.5. The average Bonchev–Trinajstić information content (AvgIpc) is 3.48. The molecule has 7 rings (SSSR count). The molecule has 10 heteroatoms. The second-order valence-electron chi connectivity index (χ2n) is 10.7. The minimum Gasteiger partial charge on any atom is -0.478 e. The van der Waals surface area contributed by atoms with Gasteiger partial charge in [0.25, 0.3) is 0 Å². The lowest BCUT2D eigenvalue weighted by atomic mass is 9.99. The predicted molar refractivity (Wildman–Crippen MR) is 161 cm³/mol. The van der Waals surface area contributed by atoms with Crippen molar-refractivity contribution < 1.29 is 14.6 Å². The summed E-state index contributed by atoms with van der Waals surface area (Å²) in [6, 6.07) is 19.0. The van der Waals surface area contributed by atoms with Gasteiger partial charge in [-0.1, -0.05) is 29.8 Å². The molecule has 1 fully saturated rings. The van der Waals surface area contributed by atoms with Crippen LogP contribution in [0.15, 0.2) is 54.6 Å². The first kappa shape index (κ1) is 27.9. The van der Waals surface area contributed by atoms with E-state index in [1.165, 1.54) is 6.42 Å². The smallest absolute Gasteiger partial charge is 0.335 e. The highest BCUT2D eigenvalue weighted by Gasteiger charge is 2.29. The number of ether oxygens (including phenoxy) is 1. The van der Waals surface area contributed by atoms with Gasteiger partial charge in [0, 0.05) is 44.8 Å². The van der Waals surface area contributed by atoms with Gasteiger partial charge >= 0.3 is 5.97 Å². The van der Waals surface area contributed by atoms with Crippen LogP contribution in [0.5, 0.6) is 0 Å². The maximum Gasteiger partial charge on any atom is 0.335 e. The quantitative estimate of drug-likeness (QED) is 0.282. The van der Waals surface area contributed by atoms with Crippen molar-refractivity contribution in [2.45, 2.75) is 38.9 Å². The van der Waals surface area contributed by atoms with Crippen molar-refractivity contribution in [3.05, 3.63) is 93.5 Å². The molecule has 2 aromatic heterocycles. The highest BCUT2D eigenvalue weighted by molar-refractivity contribution is 6.30. The third kappa shape index (κ3) is 5.25. The molecule has 42 heavy (non-hydrogen) atoms. The van der Waals surface area contributed by atoms with Crippen molar-refractivity contribution in [1.29, 1.82) is 5.26 Å². The van der Waals surface area contributed by atoms with Crippen LogP contribution in [0, 0.1) is 11.3 Å². The number of aromatic nitrogens is 4. The molecule has 1 saturated heterocycles. The molecule has 5 aromatic rings. The largest absolute Gasteiger partial charge is 0.478 e. The summed E-state index contributed by atoms with van der Waals surface area (Å²) >= 11 is 6.10. The Hall–Kier alpha value is -4.23. The van der Waals surface area contributed by atoms with E-state index in [1.54, 1.807) is 24.3 Å². The van der Waals surface area contributed by atoms with Gasteiger partial charge in [-0.25, -0.2) is 14.8 Å². The molecule has 0 radical (unpaired) electrons. The van der Waals surface area contributed by atoms with Crippen LogP contribution in [0.25, 0.3) is 22.1 Å². The van der Waals surface area contributed by atoms with Crippen molar-refractivity contribution in [2.75, 3.05) is 19.8 Å². The van der Waals surface area contributed by atoms with Crippen LogP contribution < -0.4 is 0 Å². The molecule has 0 saturated carbocycles. The Balaban J connectivity index is 0.000000729. The zero-order valence-corrected chi connectivity index (χ0v) is 24.3. The van der Waals surface area contributed by atoms with Crippen LogP contribution in [0.4, 0.5) is 0 Å². The monoisotopic (exact) mass is 582 g/mol. The van der Waals surface area contributed by atoms with Gasteiger partial charge in [-0.15, -0.1) is 0 Å². The molecule has 0 bridgehead atoms. The number of fused-ring (bicyclic) bond motifs is 4. The van der Waals surface area contributed by atoms with Crippen molar-refractivity contribution in [3.63, 3.8) is 0 Å². The number of benzene rings is 3. The number of halogens is 1. The summed E-state index contributed by atoms with van der Waals surface area (Å²) in [6.45, 7) is 6.43. The fourth-order valence-corrected chi connectivity index (χ4v) is 5.75. The second kappa shape index (κ2) is 11.6. The highest BCUT2D eigenvalue weighted by Crippen LogP contribution is 2.32. The van der Waals surface area contributed by atoms with Crippen LogP contribution in [0.1, 0.15) is 58.1 Å². The van der Waals surface area contributed by atoms with Gasteiger partial charge < -0.3 is 19.0 Å². The number of aryl methyl sites for hydroxylation is 1. The van der Waals surface area contributed by atoms with Crippen molar-refractivity contribution in [1.82, 2.24) is 24.0 Å². The number of carboxylic acids is 1. The lowest BCUT2D eigenvalue weighted by Gasteiger charge is -2.33. The van der Waals surface area contributed by atoms with Crippen molar-refractivity contribution in [3.8, 4) is 6.07 Å². The molecule has 2 aliphatic rings. The first-order valence-corrected chi connectivity index (χ1v) is 14.4. The summed E-state index contributed by atoms with van der Waals surface area (Å²) in [5.41, 5.74) is 6.48. The number of aromatic carboxylic acids is 1. The number of carbonyl (C=O) groups is 1. The fourth-order valence-electron chi connectivity index (χ4n) is 5.57. The molecule has 1 atom stereocenters. The Morgan fingerprint density at radius 3 is 2.60 bits per heavy atom. The maximum absolute atomic E-state index is 11.4. The van der Waals surface area contributed by atoms with Crippen LogP contribution in [0.2, 0.25) is 5.02 Å². The molecular weight excluding hydrogens is 552 g/mol. The third-order valence-electron chi connectivity index (χ3n) is 8.14. The predicted octanol–water partition coefficient (Wildman–Crippen LogP) is 5.72. The summed E-state index contributed by atoms with van der Waals surface area (Å²) in [4.78, 5) is 23.7. The van der Waals surface area contributed by atoms with E-state index >= 15 is 0 Å². The summed E-state index contributed by atoms with van der Waals surface area (Å²) in [5.74, 6) is 0.936. The van der Waals surface area contributed by atoms with E-state index in [2.05, 4.69) is 40.7 Å². The third-order valence-corrected chi connectivity index (χ3v) is 8.37. The lowest BCUT2D eigenvalue weighted by Crippen LogP contribution is -2.37. The van der Waals surface area contributed by atoms with Gasteiger partial charge in [0.2, 0.25) is 0 Å². The number of hydrogen-bond donors (Lipinski definition) is 1. The van der Waals surface area contributed by atoms with E-state index in [0.29, 0.717) is 23.6 Å². The van der Waals surface area contributed by atoms with Crippen LogP contribution in [-0.2, 0) is 31.3 Å². The molecular formula is C32H31ClN6O3. The van der Waals surface area contributed by atoms with Crippen molar-refractivity contribution >= 4 is 39.6 Å². The number of nitrogens with zero attached hydrogens (tertiary/aromatic N) is 6. The standard InChI is InChI=1S/C29H25ClN6O2.C3H6O/c1-17-28-33-27-19(12-18-6-8-22(30)13-21(18)15-31)4-3-5-24(27)36(28)11-10-35(17)16-26-32-23-9-7-20(29(37)38)14-25(23)34(26)2;1-2-4-3-1/h3-9,13-14,17H,10-12,16H2,1-2H3,(H,37,38);1-3H2. The van der Waals surface area contributed by atoms with Crippen molar-refractivity contribution in [2.24, 2.45) is 7.05 Å². The van der Waals surface area contributed by atoms with Crippen LogP contribution in [0.3, 0.4) is 0 Å². The Morgan fingerprint density at radius 1 is 1.10 bits per heavy atom. The number of carboxylic acid groups (broad SMARTS) is 1. The first-order valence-electron chi connectivity index (χ1n) is 14.0.